The number of fused-ring (bicyclic) bond motifs is 1. The van der Waals surface area contributed by atoms with Gasteiger partial charge >= 0.3 is 6.03 Å². The van der Waals surface area contributed by atoms with Gasteiger partial charge < -0.3 is 10.2 Å². The smallest absolute Gasteiger partial charge is 0.326 e. The van der Waals surface area contributed by atoms with E-state index in [0.717, 1.165) is 24.9 Å². The Morgan fingerprint density at radius 1 is 1.29 bits per heavy atom. The van der Waals surface area contributed by atoms with Crippen LogP contribution in [0.1, 0.15) is 57.6 Å². The van der Waals surface area contributed by atoms with Crippen molar-refractivity contribution >= 4 is 23.7 Å². The molecule has 1 atom stereocenters. The number of nitrogens with one attached hydrogen (secondary N) is 2. The summed E-state index contributed by atoms with van der Waals surface area (Å²) in [4.78, 5) is 25.4. The second-order valence-electron chi connectivity index (χ2n) is 7.35. The fraction of sp³-hybridized carbons (Fsp3) is 0.474. The average Bonchev–Trinajstić information content (AvgIpc) is 2.81. The van der Waals surface area contributed by atoms with Crippen LogP contribution >= 0.6 is 0 Å². The van der Waals surface area contributed by atoms with Crippen molar-refractivity contribution in [3.8, 4) is 0 Å². The maximum Gasteiger partial charge on any atom is 0.326 e. The molecule has 2 heterocycles. The van der Waals surface area contributed by atoms with Gasteiger partial charge in [-0.3, -0.25) is 10.1 Å². The molecule has 1 saturated heterocycles. The molecule has 0 bridgehead atoms. The number of nitrogens with zero attached hydrogens (tertiary/aromatic N) is 1. The number of benzene rings is 1. The largest absolute Gasteiger partial charge is 0.366 e. The van der Waals surface area contributed by atoms with E-state index in [-0.39, 0.29) is 11.4 Å². The summed E-state index contributed by atoms with van der Waals surface area (Å²) in [6, 6.07) is 5.83. The van der Waals surface area contributed by atoms with E-state index in [1.54, 1.807) is 6.08 Å². The fourth-order valence-electron chi connectivity index (χ4n) is 3.89. The minimum absolute atomic E-state index is 0.141. The van der Waals surface area contributed by atoms with Crippen LogP contribution in [-0.2, 0) is 4.79 Å². The van der Waals surface area contributed by atoms with Gasteiger partial charge in [0.25, 0.3) is 5.91 Å². The van der Waals surface area contributed by atoms with Gasteiger partial charge in [0.05, 0.1) is 0 Å². The number of imide groups is 1. The lowest BCUT2D eigenvalue weighted by molar-refractivity contribution is -0.115. The zero-order valence-corrected chi connectivity index (χ0v) is 14.8. The van der Waals surface area contributed by atoms with Gasteiger partial charge in [-0.2, -0.15) is 0 Å². The molecule has 2 aliphatic rings. The summed E-state index contributed by atoms with van der Waals surface area (Å²) < 4.78 is 0. The van der Waals surface area contributed by atoms with E-state index in [4.69, 9.17) is 0 Å². The lowest BCUT2D eigenvalue weighted by atomic mass is 9.79. The van der Waals surface area contributed by atoms with Crippen LogP contribution in [0.25, 0.3) is 6.08 Å². The van der Waals surface area contributed by atoms with Gasteiger partial charge in [0.15, 0.2) is 0 Å². The molecule has 1 fully saturated rings. The highest BCUT2D eigenvalue weighted by molar-refractivity contribution is 6.14. The maximum absolute atomic E-state index is 11.7. The highest BCUT2D eigenvalue weighted by Crippen LogP contribution is 2.43. The number of urea groups is 1. The van der Waals surface area contributed by atoms with Gasteiger partial charge in [0.2, 0.25) is 0 Å². The van der Waals surface area contributed by atoms with Crippen molar-refractivity contribution in [1.29, 1.82) is 0 Å². The van der Waals surface area contributed by atoms with Crippen molar-refractivity contribution < 1.29 is 9.59 Å². The highest BCUT2D eigenvalue weighted by Gasteiger charge is 2.35. The molecule has 0 spiro atoms. The van der Waals surface area contributed by atoms with Gasteiger partial charge in [-0.15, -0.1) is 0 Å². The first-order valence-electron chi connectivity index (χ1n) is 8.57. The molecule has 5 nitrogen and oxygen atoms in total. The first-order valence-corrected chi connectivity index (χ1v) is 8.57. The molecule has 3 amide bonds. The van der Waals surface area contributed by atoms with Crippen molar-refractivity contribution in [2.75, 3.05) is 11.4 Å². The molecule has 1 aromatic carbocycles. The fourth-order valence-corrected chi connectivity index (χ4v) is 3.89. The van der Waals surface area contributed by atoms with Crippen LogP contribution in [0.3, 0.4) is 0 Å². The molecule has 2 aliphatic heterocycles. The summed E-state index contributed by atoms with van der Waals surface area (Å²) in [5.74, 6) is 0.0768. The number of hydrogen-bond donors (Lipinski definition) is 2. The van der Waals surface area contributed by atoms with Crippen LogP contribution in [0.5, 0.6) is 0 Å². The number of carbonyl (C=O) groups excluding carboxylic acids is 2. The number of amides is 3. The van der Waals surface area contributed by atoms with Gasteiger partial charge in [0, 0.05) is 17.8 Å². The molecule has 1 aromatic rings. The van der Waals surface area contributed by atoms with Crippen molar-refractivity contribution in [3.05, 3.63) is 35.0 Å². The van der Waals surface area contributed by atoms with Crippen LogP contribution in [0, 0.1) is 0 Å². The predicted octanol–water partition coefficient (Wildman–Crippen LogP) is 3.37. The summed E-state index contributed by atoms with van der Waals surface area (Å²) in [5.41, 5.74) is 3.96. The topological polar surface area (TPSA) is 61.4 Å². The zero-order chi connectivity index (χ0) is 17.5. The van der Waals surface area contributed by atoms with E-state index in [9.17, 15) is 9.59 Å². The number of rotatable bonds is 3. The van der Waals surface area contributed by atoms with E-state index in [2.05, 4.69) is 55.4 Å². The van der Waals surface area contributed by atoms with Gasteiger partial charge in [0.1, 0.15) is 5.70 Å². The van der Waals surface area contributed by atoms with E-state index >= 15 is 0 Å². The first kappa shape index (κ1) is 16.6. The molecule has 0 radical (unpaired) electrons. The Hall–Kier alpha value is -2.30. The Bertz CT molecular complexity index is 721. The molecular weight excluding hydrogens is 302 g/mol. The van der Waals surface area contributed by atoms with Gasteiger partial charge in [-0.1, -0.05) is 19.9 Å². The molecule has 0 saturated carbocycles. The van der Waals surface area contributed by atoms with Crippen LogP contribution in [-0.4, -0.2) is 24.0 Å². The third-order valence-corrected chi connectivity index (χ3v) is 4.89. The summed E-state index contributed by atoms with van der Waals surface area (Å²) in [6.07, 6.45) is 3.93. The minimum Gasteiger partial charge on any atom is -0.366 e. The molecule has 2 N–H and O–H groups in total. The summed E-state index contributed by atoms with van der Waals surface area (Å²) in [5, 5.41) is 4.76. The second-order valence-corrected chi connectivity index (χ2v) is 7.35. The van der Waals surface area contributed by atoms with E-state index in [1.807, 2.05) is 6.07 Å². The van der Waals surface area contributed by atoms with Gasteiger partial charge in [-0.25, -0.2) is 4.79 Å². The van der Waals surface area contributed by atoms with E-state index < -0.39 is 6.03 Å². The lowest BCUT2D eigenvalue weighted by Gasteiger charge is -2.47. The summed E-state index contributed by atoms with van der Waals surface area (Å²) in [7, 11) is 0. The van der Waals surface area contributed by atoms with Crippen LogP contribution in [0.2, 0.25) is 0 Å². The predicted molar refractivity (Wildman–Crippen MR) is 95.8 cm³/mol. The summed E-state index contributed by atoms with van der Waals surface area (Å²) >= 11 is 0. The molecule has 0 aliphatic carbocycles. The quantitative estimate of drug-likeness (QED) is 0.661. The second kappa shape index (κ2) is 5.96. The maximum atomic E-state index is 11.7. The standard InChI is InChI=1S/C19H25N3O2/c1-5-8-22-16-7-6-13(10-15-17(23)21-18(24)20-15)9-14(16)12(2)11-19(22,3)4/h6-7,9-10,12H,5,8,11H2,1-4H3,(H2,20,21,23,24)/b15-10-. The molecule has 24 heavy (non-hydrogen) atoms. The lowest BCUT2D eigenvalue weighted by Crippen LogP contribution is -2.48. The minimum atomic E-state index is -0.464. The van der Waals surface area contributed by atoms with Crippen molar-refractivity contribution in [2.45, 2.75) is 52.0 Å². The van der Waals surface area contributed by atoms with Crippen molar-refractivity contribution in [2.24, 2.45) is 0 Å². The molecular formula is C19H25N3O2. The monoisotopic (exact) mass is 327 g/mol. The van der Waals surface area contributed by atoms with Crippen LogP contribution < -0.4 is 15.5 Å². The normalized spacial score (nSPS) is 23.9. The van der Waals surface area contributed by atoms with Crippen molar-refractivity contribution in [1.82, 2.24) is 10.6 Å². The van der Waals surface area contributed by atoms with E-state index in [0.29, 0.717) is 11.6 Å². The highest BCUT2D eigenvalue weighted by atomic mass is 16.2. The number of anilines is 1. The third kappa shape index (κ3) is 2.90. The zero-order valence-electron chi connectivity index (χ0n) is 14.8. The summed E-state index contributed by atoms with van der Waals surface area (Å²) in [6.45, 7) is 10.1. The molecule has 5 heteroatoms. The molecule has 3 rings (SSSR count). The molecule has 1 unspecified atom stereocenters. The SMILES string of the molecule is CCCN1c2ccc(/C=C3\NC(=O)NC3=O)cc2C(C)CC1(C)C. The number of carbonyl (C=O) groups is 2. The first-order chi connectivity index (χ1) is 11.3. The number of hydrogen-bond acceptors (Lipinski definition) is 3. The Morgan fingerprint density at radius 3 is 2.67 bits per heavy atom. The Labute approximate surface area is 143 Å². The average molecular weight is 327 g/mol. The Balaban J connectivity index is 1.99. The van der Waals surface area contributed by atoms with Crippen LogP contribution in [0.4, 0.5) is 10.5 Å². The van der Waals surface area contributed by atoms with Crippen LogP contribution in [0.15, 0.2) is 23.9 Å². The van der Waals surface area contributed by atoms with Crippen molar-refractivity contribution in [3.63, 3.8) is 0 Å². The molecule has 128 valence electrons. The Morgan fingerprint density at radius 2 is 2.04 bits per heavy atom. The van der Waals surface area contributed by atoms with E-state index in [1.165, 1.54) is 11.3 Å². The van der Waals surface area contributed by atoms with Gasteiger partial charge in [-0.05, 0) is 61.9 Å². The molecule has 0 aromatic heterocycles. The third-order valence-electron chi connectivity index (χ3n) is 4.89. The Kier molecular flexibility index (Phi) is 4.11.